The Bertz CT molecular complexity index is 988. The molecular weight excluding hydrogens is 427 g/mol. The third-order valence-corrected chi connectivity index (χ3v) is 7.21. The molecule has 1 aliphatic heterocycles. The molecule has 0 spiro atoms. The number of hydrogen-bond donors (Lipinski definition) is 0. The van der Waals surface area contributed by atoms with Gasteiger partial charge >= 0.3 is 0 Å². The number of hydrogen-bond acceptors (Lipinski definition) is 4. The van der Waals surface area contributed by atoms with Crippen molar-refractivity contribution in [3.05, 3.63) is 64.5 Å². The second-order valence-corrected chi connectivity index (χ2v) is 9.14. The number of benzene rings is 1. The highest BCUT2D eigenvalue weighted by Crippen LogP contribution is 2.37. The van der Waals surface area contributed by atoms with E-state index in [1.54, 1.807) is 12.4 Å². The molecule has 0 radical (unpaired) electrons. The molecule has 0 N–H and O–H groups in total. The summed E-state index contributed by atoms with van der Waals surface area (Å²) in [5, 5.41) is 2.51. The maximum atomic E-state index is 6.42. The number of para-hydroxylation sites is 1. The van der Waals surface area contributed by atoms with Gasteiger partial charge in [0.05, 0.1) is 21.2 Å². The van der Waals surface area contributed by atoms with Crippen LogP contribution in [0.25, 0.3) is 10.9 Å². The van der Waals surface area contributed by atoms with Gasteiger partial charge in [0.15, 0.2) is 0 Å². The van der Waals surface area contributed by atoms with Crippen molar-refractivity contribution in [2.75, 3.05) is 31.1 Å². The number of piperazine rings is 1. The molecule has 2 aromatic heterocycles. The highest BCUT2D eigenvalue weighted by molar-refractivity contribution is 6.38. The highest BCUT2D eigenvalue weighted by Gasteiger charge is 2.29. The molecule has 3 aromatic rings. The van der Waals surface area contributed by atoms with Crippen molar-refractivity contribution >= 4 is 39.8 Å². The Morgan fingerprint density at radius 1 is 0.935 bits per heavy atom. The van der Waals surface area contributed by atoms with Crippen molar-refractivity contribution in [3.8, 4) is 0 Å². The molecule has 164 valence electrons. The van der Waals surface area contributed by atoms with E-state index in [4.69, 9.17) is 23.2 Å². The molecule has 31 heavy (non-hydrogen) atoms. The molecule has 0 bridgehead atoms. The van der Waals surface area contributed by atoms with Crippen LogP contribution in [0.4, 0.5) is 5.69 Å². The van der Waals surface area contributed by atoms with Crippen LogP contribution in [0.5, 0.6) is 0 Å². The Balaban J connectivity index is 1.61. The third-order valence-electron chi connectivity index (χ3n) is 6.65. The van der Waals surface area contributed by atoms with Crippen molar-refractivity contribution in [1.29, 1.82) is 0 Å². The molecule has 4 rings (SSSR count). The summed E-state index contributed by atoms with van der Waals surface area (Å²) in [6.07, 6.45) is 8.89. The van der Waals surface area contributed by atoms with Gasteiger partial charge in [0.25, 0.3) is 0 Å². The molecule has 4 nitrogen and oxygen atoms in total. The smallest absolute Gasteiger partial charge is 0.0838 e. The lowest BCUT2D eigenvalue weighted by Gasteiger charge is -2.42. The van der Waals surface area contributed by atoms with Gasteiger partial charge in [-0.05, 0) is 30.0 Å². The fourth-order valence-corrected chi connectivity index (χ4v) is 5.39. The zero-order valence-electron chi connectivity index (χ0n) is 18.3. The highest BCUT2D eigenvalue weighted by atomic mass is 35.5. The molecule has 0 amide bonds. The summed E-state index contributed by atoms with van der Waals surface area (Å²) in [6, 6.07) is 11.1. The van der Waals surface area contributed by atoms with E-state index in [9.17, 15) is 0 Å². The average molecular weight is 457 g/mol. The van der Waals surface area contributed by atoms with E-state index in [0.29, 0.717) is 22.0 Å². The van der Waals surface area contributed by atoms with Gasteiger partial charge in [-0.15, -0.1) is 0 Å². The Hall–Kier alpha value is -1.88. The zero-order chi connectivity index (χ0) is 21.8. The summed E-state index contributed by atoms with van der Waals surface area (Å²) >= 11 is 12.8. The summed E-state index contributed by atoms with van der Waals surface area (Å²) in [5.41, 5.74) is 3.37. The van der Waals surface area contributed by atoms with Gasteiger partial charge in [-0.25, -0.2) is 0 Å². The predicted molar refractivity (Wildman–Crippen MR) is 131 cm³/mol. The maximum Gasteiger partial charge on any atom is 0.0838 e. The van der Waals surface area contributed by atoms with Gasteiger partial charge in [0, 0.05) is 56.2 Å². The van der Waals surface area contributed by atoms with E-state index in [1.807, 2.05) is 6.20 Å². The maximum absolute atomic E-state index is 6.42. The summed E-state index contributed by atoms with van der Waals surface area (Å²) in [5.74, 6) is 0.707. The van der Waals surface area contributed by atoms with Crippen LogP contribution >= 0.6 is 23.2 Å². The number of aromatic nitrogens is 2. The van der Waals surface area contributed by atoms with Crippen LogP contribution in [-0.2, 0) is 0 Å². The molecule has 1 aliphatic rings. The van der Waals surface area contributed by atoms with Gasteiger partial charge in [0.2, 0.25) is 0 Å². The fraction of sp³-hybridized carbons (Fsp3) is 0.440. The Morgan fingerprint density at radius 3 is 2.29 bits per heavy atom. The minimum atomic E-state index is 0.378. The van der Waals surface area contributed by atoms with Crippen molar-refractivity contribution in [1.82, 2.24) is 14.9 Å². The quantitative estimate of drug-likeness (QED) is 0.399. The third kappa shape index (κ3) is 4.82. The van der Waals surface area contributed by atoms with Gasteiger partial charge in [-0.1, -0.05) is 68.1 Å². The molecule has 0 aliphatic carbocycles. The fourth-order valence-electron chi connectivity index (χ4n) is 4.78. The summed E-state index contributed by atoms with van der Waals surface area (Å²) < 4.78 is 0. The molecular formula is C25H30Cl2N4. The molecule has 1 unspecified atom stereocenters. The van der Waals surface area contributed by atoms with Gasteiger partial charge in [-0.2, -0.15) is 0 Å². The molecule has 1 saturated heterocycles. The number of fused-ring (bicyclic) bond motifs is 1. The van der Waals surface area contributed by atoms with Crippen LogP contribution in [0.15, 0.2) is 48.9 Å². The monoisotopic (exact) mass is 456 g/mol. The number of halogens is 2. The molecule has 1 atom stereocenters. The van der Waals surface area contributed by atoms with E-state index in [2.05, 4.69) is 63.9 Å². The van der Waals surface area contributed by atoms with Gasteiger partial charge < -0.3 is 4.90 Å². The number of anilines is 1. The first-order valence-corrected chi connectivity index (χ1v) is 12.0. The Labute approximate surface area is 195 Å². The zero-order valence-corrected chi connectivity index (χ0v) is 19.8. The van der Waals surface area contributed by atoms with E-state index >= 15 is 0 Å². The normalized spacial score (nSPS) is 16.2. The van der Waals surface area contributed by atoms with E-state index in [-0.39, 0.29) is 0 Å². The van der Waals surface area contributed by atoms with Crippen molar-refractivity contribution in [2.24, 2.45) is 5.92 Å². The first-order chi connectivity index (χ1) is 15.1. The van der Waals surface area contributed by atoms with Crippen molar-refractivity contribution in [3.63, 3.8) is 0 Å². The molecule has 3 heterocycles. The topological polar surface area (TPSA) is 32.3 Å². The largest absolute Gasteiger partial charge is 0.366 e. The second-order valence-electron chi connectivity index (χ2n) is 8.33. The Morgan fingerprint density at radius 2 is 1.61 bits per heavy atom. The molecule has 6 heteroatoms. The van der Waals surface area contributed by atoms with Gasteiger partial charge in [-0.3, -0.25) is 14.9 Å². The standard InChI is InChI=1S/C25H30Cl2N4/c1-3-18(4-2)15-24(20-9-10-29-23-8-6-5-7-19(20)23)30-11-13-31(14-12-30)25-21(26)16-28-17-22(25)27/h5-10,16-18,24H,3-4,11-15H2,1-2H3. The SMILES string of the molecule is CCC(CC)CC(c1ccnc2ccccc12)N1CCN(c2c(Cl)cncc2Cl)CC1. The van der Waals surface area contributed by atoms with E-state index in [0.717, 1.165) is 43.8 Å². The number of nitrogens with zero attached hydrogens (tertiary/aromatic N) is 4. The molecule has 1 aromatic carbocycles. The first kappa shape index (κ1) is 22.3. The second kappa shape index (κ2) is 10.2. The lowest BCUT2D eigenvalue weighted by atomic mass is 9.88. The summed E-state index contributed by atoms with van der Waals surface area (Å²) in [4.78, 5) is 13.6. The lowest BCUT2D eigenvalue weighted by molar-refractivity contribution is 0.157. The van der Waals surface area contributed by atoms with Crippen LogP contribution < -0.4 is 4.90 Å². The molecule has 0 saturated carbocycles. The van der Waals surface area contributed by atoms with Crippen molar-refractivity contribution in [2.45, 2.75) is 39.2 Å². The number of rotatable bonds is 7. The minimum Gasteiger partial charge on any atom is -0.366 e. The van der Waals surface area contributed by atoms with E-state index in [1.165, 1.54) is 23.8 Å². The first-order valence-electron chi connectivity index (χ1n) is 11.2. The minimum absolute atomic E-state index is 0.378. The van der Waals surface area contributed by atoms with Gasteiger partial charge in [0.1, 0.15) is 0 Å². The lowest BCUT2D eigenvalue weighted by Crippen LogP contribution is -2.48. The summed E-state index contributed by atoms with van der Waals surface area (Å²) in [6.45, 7) is 8.34. The average Bonchev–Trinajstić information content (AvgIpc) is 2.80. The van der Waals surface area contributed by atoms with Crippen LogP contribution in [0.3, 0.4) is 0 Å². The predicted octanol–water partition coefficient (Wildman–Crippen LogP) is 6.63. The summed E-state index contributed by atoms with van der Waals surface area (Å²) in [7, 11) is 0. The van der Waals surface area contributed by atoms with Crippen LogP contribution in [0.1, 0.15) is 44.7 Å². The Kier molecular flexibility index (Phi) is 7.31. The van der Waals surface area contributed by atoms with E-state index < -0.39 is 0 Å². The molecule has 1 fully saturated rings. The van der Waals surface area contributed by atoms with Crippen LogP contribution in [-0.4, -0.2) is 41.0 Å². The number of pyridine rings is 2. The van der Waals surface area contributed by atoms with Crippen LogP contribution in [0.2, 0.25) is 10.0 Å². The van der Waals surface area contributed by atoms with Crippen LogP contribution in [0, 0.1) is 5.92 Å². The van der Waals surface area contributed by atoms with Crippen molar-refractivity contribution < 1.29 is 0 Å².